The Morgan fingerprint density at radius 2 is 1.94 bits per heavy atom. The molecule has 2 N–H and O–H groups in total. The molecule has 0 bridgehead atoms. The molecule has 0 spiro atoms. The van der Waals surface area contributed by atoms with E-state index < -0.39 is 0 Å². The summed E-state index contributed by atoms with van der Waals surface area (Å²) in [6.45, 7) is 10.2. The van der Waals surface area contributed by atoms with Gasteiger partial charge in [-0.25, -0.2) is 0 Å². The van der Waals surface area contributed by atoms with Gasteiger partial charge in [0.1, 0.15) is 5.75 Å². The summed E-state index contributed by atoms with van der Waals surface area (Å²) >= 11 is 0. The number of ether oxygens (including phenoxy) is 1. The van der Waals surface area contributed by atoms with Crippen LogP contribution in [0.5, 0.6) is 5.75 Å². The van der Waals surface area contributed by atoms with Crippen LogP contribution >= 0.6 is 0 Å². The van der Waals surface area contributed by atoms with Crippen LogP contribution in [0.2, 0.25) is 0 Å². The minimum Gasteiger partial charge on any atom is -0.494 e. The number of hydrogen-bond acceptors (Lipinski definition) is 2. The van der Waals surface area contributed by atoms with E-state index in [1.165, 1.54) is 11.1 Å². The molecule has 1 aromatic rings. The van der Waals surface area contributed by atoms with Crippen molar-refractivity contribution in [2.75, 3.05) is 13.2 Å². The molecule has 0 aliphatic rings. The lowest BCUT2D eigenvalue weighted by molar-refractivity contribution is 0.336. The molecule has 17 heavy (non-hydrogen) atoms. The molecule has 0 saturated heterocycles. The average Bonchev–Trinajstić information content (AvgIpc) is 2.26. The Labute approximate surface area is 105 Å². The lowest BCUT2D eigenvalue weighted by atomic mass is 9.85. The molecule has 0 amide bonds. The fourth-order valence-corrected chi connectivity index (χ4v) is 1.83. The van der Waals surface area contributed by atoms with E-state index in [0.29, 0.717) is 6.61 Å². The van der Waals surface area contributed by atoms with E-state index in [1.807, 2.05) is 6.92 Å². The summed E-state index contributed by atoms with van der Waals surface area (Å²) in [5, 5.41) is 0. The SMILES string of the molecule is CCOc1ccc(C(C)(C)C)cc1CCCN. The van der Waals surface area contributed by atoms with E-state index in [9.17, 15) is 0 Å². The Balaban J connectivity index is 3.01. The topological polar surface area (TPSA) is 35.2 Å². The van der Waals surface area contributed by atoms with Gasteiger partial charge in [-0.3, -0.25) is 0 Å². The Kier molecular flexibility index (Phi) is 5.01. The van der Waals surface area contributed by atoms with Crippen LogP contribution in [0.25, 0.3) is 0 Å². The lowest BCUT2D eigenvalue weighted by Crippen LogP contribution is -2.12. The second-order valence-corrected chi connectivity index (χ2v) is 5.40. The van der Waals surface area contributed by atoms with E-state index in [0.717, 1.165) is 25.1 Å². The van der Waals surface area contributed by atoms with Crippen molar-refractivity contribution in [2.24, 2.45) is 5.73 Å². The molecule has 1 rings (SSSR count). The molecule has 2 nitrogen and oxygen atoms in total. The second kappa shape index (κ2) is 6.06. The molecule has 0 aliphatic carbocycles. The molecule has 0 aliphatic heterocycles. The van der Waals surface area contributed by atoms with Crippen molar-refractivity contribution < 1.29 is 4.74 Å². The summed E-state index contributed by atoms with van der Waals surface area (Å²) in [5.74, 6) is 1.01. The van der Waals surface area contributed by atoms with Gasteiger partial charge in [-0.2, -0.15) is 0 Å². The average molecular weight is 235 g/mol. The zero-order chi connectivity index (χ0) is 12.9. The fourth-order valence-electron chi connectivity index (χ4n) is 1.83. The molecule has 96 valence electrons. The van der Waals surface area contributed by atoms with E-state index >= 15 is 0 Å². The van der Waals surface area contributed by atoms with Gasteiger partial charge < -0.3 is 10.5 Å². The minimum absolute atomic E-state index is 0.183. The van der Waals surface area contributed by atoms with Crippen molar-refractivity contribution in [3.8, 4) is 5.75 Å². The molecule has 0 radical (unpaired) electrons. The van der Waals surface area contributed by atoms with Gasteiger partial charge in [-0.1, -0.05) is 32.9 Å². The predicted octanol–water partition coefficient (Wildman–Crippen LogP) is 3.27. The lowest BCUT2D eigenvalue weighted by Gasteiger charge is -2.21. The summed E-state index contributed by atoms with van der Waals surface area (Å²) in [4.78, 5) is 0. The first-order valence-electron chi connectivity index (χ1n) is 6.45. The van der Waals surface area contributed by atoms with Crippen LogP contribution in [0, 0.1) is 0 Å². The Morgan fingerprint density at radius 3 is 2.47 bits per heavy atom. The van der Waals surface area contributed by atoms with Crippen LogP contribution in [-0.2, 0) is 11.8 Å². The summed E-state index contributed by atoms with van der Waals surface area (Å²) < 4.78 is 5.66. The van der Waals surface area contributed by atoms with Crippen LogP contribution in [0.1, 0.15) is 45.2 Å². The zero-order valence-corrected chi connectivity index (χ0v) is 11.5. The molecular weight excluding hydrogens is 210 g/mol. The first kappa shape index (κ1) is 14.0. The van der Waals surface area contributed by atoms with Crippen molar-refractivity contribution in [3.05, 3.63) is 29.3 Å². The number of rotatable bonds is 5. The molecule has 0 aromatic heterocycles. The van der Waals surface area contributed by atoms with Crippen LogP contribution in [0.3, 0.4) is 0 Å². The third kappa shape index (κ3) is 4.04. The summed E-state index contributed by atoms with van der Waals surface area (Å²) in [6, 6.07) is 6.52. The maximum absolute atomic E-state index is 5.66. The van der Waals surface area contributed by atoms with Gasteiger partial charge in [0.25, 0.3) is 0 Å². The molecule has 2 heteroatoms. The van der Waals surface area contributed by atoms with E-state index in [-0.39, 0.29) is 5.41 Å². The highest BCUT2D eigenvalue weighted by atomic mass is 16.5. The first-order chi connectivity index (χ1) is 7.99. The quantitative estimate of drug-likeness (QED) is 0.850. The Bertz CT molecular complexity index is 352. The van der Waals surface area contributed by atoms with Gasteiger partial charge >= 0.3 is 0 Å². The van der Waals surface area contributed by atoms with E-state index in [2.05, 4.69) is 39.0 Å². The molecule has 0 atom stereocenters. The summed E-state index contributed by atoms with van der Waals surface area (Å²) in [6.07, 6.45) is 2.00. The van der Waals surface area contributed by atoms with Gasteiger partial charge in [0.15, 0.2) is 0 Å². The number of benzene rings is 1. The van der Waals surface area contributed by atoms with Gasteiger partial charge in [0, 0.05) is 0 Å². The number of nitrogens with two attached hydrogens (primary N) is 1. The molecule has 0 saturated carbocycles. The third-order valence-electron chi connectivity index (χ3n) is 2.88. The molecule has 1 aromatic carbocycles. The Morgan fingerprint density at radius 1 is 1.24 bits per heavy atom. The smallest absolute Gasteiger partial charge is 0.122 e. The number of hydrogen-bond donors (Lipinski definition) is 1. The zero-order valence-electron chi connectivity index (χ0n) is 11.5. The maximum Gasteiger partial charge on any atom is 0.122 e. The highest BCUT2D eigenvalue weighted by molar-refractivity contribution is 5.39. The normalized spacial score (nSPS) is 11.6. The fraction of sp³-hybridized carbons (Fsp3) is 0.600. The monoisotopic (exact) mass is 235 g/mol. The largest absolute Gasteiger partial charge is 0.494 e. The first-order valence-corrected chi connectivity index (χ1v) is 6.45. The van der Waals surface area contributed by atoms with Crippen LogP contribution < -0.4 is 10.5 Å². The second-order valence-electron chi connectivity index (χ2n) is 5.40. The van der Waals surface area contributed by atoms with Gasteiger partial charge in [-0.15, -0.1) is 0 Å². The van der Waals surface area contributed by atoms with Gasteiger partial charge in [0.2, 0.25) is 0 Å². The van der Waals surface area contributed by atoms with Crippen LogP contribution in [0.4, 0.5) is 0 Å². The van der Waals surface area contributed by atoms with E-state index in [1.54, 1.807) is 0 Å². The summed E-state index contributed by atoms with van der Waals surface area (Å²) in [5.41, 5.74) is 8.40. The molecular formula is C15H25NO. The predicted molar refractivity (Wildman–Crippen MR) is 73.7 cm³/mol. The highest BCUT2D eigenvalue weighted by Gasteiger charge is 2.15. The van der Waals surface area contributed by atoms with Gasteiger partial charge in [0.05, 0.1) is 6.61 Å². The third-order valence-corrected chi connectivity index (χ3v) is 2.88. The van der Waals surface area contributed by atoms with Crippen LogP contribution in [0.15, 0.2) is 18.2 Å². The standard InChI is InChI=1S/C15H25NO/c1-5-17-14-9-8-13(15(2,3)4)11-12(14)7-6-10-16/h8-9,11H,5-7,10,16H2,1-4H3. The highest BCUT2D eigenvalue weighted by Crippen LogP contribution is 2.28. The van der Waals surface area contributed by atoms with Crippen molar-refractivity contribution in [2.45, 2.75) is 46.0 Å². The van der Waals surface area contributed by atoms with E-state index in [4.69, 9.17) is 10.5 Å². The summed E-state index contributed by atoms with van der Waals surface area (Å²) in [7, 11) is 0. The molecule has 0 unspecified atom stereocenters. The molecule has 0 fully saturated rings. The Hall–Kier alpha value is -1.02. The minimum atomic E-state index is 0.183. The molecule has 0 heterocycles. The maximum atomic E-state index is 5.66. The van der Waals surface area contributed by atoms with Crippen LogP contribution in [-0.4, -0.2) is 13.2 Å². The number of aryl methyl sites for hydroxylation is 1. The van der Waals surface area contributed by atoms with Crippen molar-refractivity contribution >= 4 is 0 Å². The van der Waals surface area contributed by atoms with Crippen molar-refractivity contribution in [3.63, 3.8) is 0 Å². The van der Waals surface area contributed by atoms with Crippen molar-refractivity contribution in [1.82, 2.24) is 0 Å². The van der Waals surface area contributed by atoms with Crippen molar-refractivity contribution in [1.29, 1.82) is 0 Å². The van der Waals surface area contributed by atoms with Gasteiger partial charge in [-0.05, 0) is 48.9 Å².